The van der Waals surface area contributed by atoms with Crippen molar-refractivity contribution in [2.24, 2.45) is 0 Å². The summed E-state index contributed by atoms with van der Waals surface area (Å²) in [6.07, 6.45) is 2.91. The molecule has 0 saturated heterocycles. The van der Waals surface area contributed by atoms with Gasteiger partial charge in [0.05, 0.1) is 5.69 Å². The lowest BCUT2D eigenvalue weighted by Crippen LogP contribution is -2.40. The summed E-state index contributed by atoms with van der Waals surface area (Å²) in [5.74, 6) is 0.369. The smallest absolute Gasteiger partial charge is 0.265 e. The first-order chi connectivity index (χ1) is 14.3. The first kappa shape index (κ1) is 23.9. The van der Waals surface area contributed by atoms with E-state index >= 15 is 0 Å². The monoisotopic (exact) mass is 417 g/mol. The van der Waals surface area contributed by atoms with E-state index in [-0.39, 0.29) is 30.2 Å². The maximum Gasteiger partial charge on any atom is 0.265 e. The maximum absolute atomic E-state index is 12.3. The fourth-order valence-electron chi connectivity index (χ4n) is 3.64. The summed E-state index contributed by atoms with van der Waals surface area (Å²) in [7, 11) is 0. The Kier molecular flexibility index (Phi) is 9.30. The highest BCUT2D eigenvalue weighted by Crippen LogP contribution is 2.33. The van der Waals surface area contributed by atoms with Crippen molar-refractivity contribution in [3.8, 4) is 5.75 Å². The normalized spacial score (nSPS) is 14.3. The minimum absolute atomic E-state index is 0.00348. The van der Waals surface area contributed by atoms with Crippen molar-refractivity contribution < 1.29 is 19.1 Å². The van der Waals surface area contributed by atoms with Crippen LogP contribution in [-0.4, -0.2) is 61.3 Å². The Balaban J connectivity index is 1.81. The topological polar surface area (TPSA) is 79.0 Å². The predicted molar refractivity (Wildman–Crippen MR) is 118 cm³/mol. The first-order valence-electron chi connectivity index (χ1n) is 11.0. The van der Waals surface area contributed by atoms with E-state index in [1.807, 2.05) is 6.92 Å². The van der Waals surface area contributed by atoms with Gasteiger partial charge in [0.2, 0.25) is 5.91 Å². The Morgan fingerprint density at radius 3 is 2.63 bits per heavy atom. The second-order valence-corrected chi connectivity index (χ2v) is 7.81. The standard InChI is InChI=1S/C23H35N3O4/c1-5-25(6-2)13-7-9-17(3)24-22(28)10-8-14-26-20-15-19(18(4)27)11-12-21(20)30-16-23(26)29/h11-12,15,17H,5-10,13-14,16H2,1-4H3,(H,24,28). The molecular formula is C23H35N3O4. The first-order valence-corrected chi connectivity index (χ1v) is 11.0. The number of rotatable bonds is 12. The number of nitrogens with zero attached hydrogens (tertiary/aromatic N) is 2. The molecule has 1 aromatic carbocycles. The molecule has 2 rings (SSSR count). The quantitative estimate of drug-likeness (QED) is 0.529. The van der Waals surface area contributed by atoms with Gasteiger partial charge in [0.25, 0.3) is 5.91 Å². The van der Waals surface area contributed by atoms with Crippen LogP contribution in [0.1, 0.15) is 63.7 Å². The predicted octanol–water partition coefficient (Wildman–Crippen LogP) is 3.02. The van der Waals surface area contributed by atoms with Gasteiger partial charge in [0, 0.05) is 24.6 Å². The molecule has 1 aliphatic rings. The number of ketones is 1. The van der Waals surface area contributed by atoms with Gasteiger partial charge >= 0.3 is 0 Å². The molecule has 0 aliphatic carbocycles. The highest BCUT2D eigenvalue weighted by molar-refractivity contribution is 6.01. The number of fused-ring (bicyclic) bond motifs is 1. The molecular weight excluding hydrogens is 382 g/mol. The van der Waals surface area contributed by atoms with E-state index in [1.165, 1.54) is 6.92 Å². The van der Waals surface area contributed by atoms with Gasteiger partial charge in [0.1, 0.15) is 5.75 Å². The molecule has 1 aromatic rings. The van der Waals surface area contributed by atoms with Crippen molar-refractivity contribution >= 4 is 23.3 Å². The van der Waals surface area contributed by atoms with E-state index in [0.29, 0.717) is 36.4 Å². The number of carbonyl (C=O) groups is 3. The zero-order valence-electron chi connectivity index (χ0n) is 18.7. The van der Waals surface area contributed by atoms with Crippen molar-refractivity contribution in [2.45, 2.75) is 59.4 Å². The average Bonchev–Trinajstić information content (AvgIpc) is 2.72. The summed E-state index contributed by atoms with van der Waals surface area (Å²) in [6.45, 7) is 11.4. The van der Waals surface area contributed by atoms with Crippen LogP contribution in [0.4, 0.5) is 5.69 Å². The molecule has 1 atom stereocenters. The minimum Gasteiger partial charge on any atom is -0.482 e. The lowest BCUT2D eigenvalue weighted by atomic mass is 10.1. The number of ether oxygens (including phenoxy) is 1. The molecule has 0 saturated carbocycles. The van der Waals surface area contributed by atoms with Crippen LogP contribution in [0.25, 0.3) is 0 Å². The third kappa shape index (κ3) is 6.83. The molecule has 0 radical (unpaired) electrons. The Morgan fingerprint density at radius 1 is 1.23 bits per heavy atom. The van der Waals surface area contributed by atoms with E-state index < -0.39 is 0 Å². The second-order valence-electron chi connectivity index (χ2n) is 7.81. The fraction of sp³-hybridized carbons (Fsp3) is 0.609. The zero-order valence-corrected chi connectivity index (χ0v) is 18.7. The van der Waals surface area contributed by atoms with Crippen molar-refractivity contribution in [3.05, 3.63) is 23.8 Å². The van der Waals surface area contributed by atoms with Crippen molar-refractivity contribution in [1.82, 2.24) is 10.2 Å². The molecule has 7 nitrogen and oxygen atoms in total. The van der Waals surface area contributed by atoms with Crippen LogP contribution in [0.3, 0.4) is 0 Å². The van der Waals surface area contributed by atoms with Gasteiger partial charge in [-0.3, -0.25) is 14.4 Å². The minimum atomic E-state index is -0.159. The van der Waals surface area contributed by atoms with E-state index in [1.54, 1.807) is 23.1 Å². The van der Waals surface area contributed by atoms with Gasteiger partial charge in [-0.15, -0.1) is 0 Å². The lowest BCUT2D eigenvalue weighted by molar-refractivity contribution is -0.123. The summed E-state index contributed by atoms with van der Waals surface area (Å²) in [5.41, 5.74) is 1.14. The molecule has 166 valence electrons. The van der Waals surface area contributed by atoms with Crippen LogP contribution in [0, 0.1) is 0 Å². The average molecular weight is 418 g/mol. The highest BCUT2D eigenvalue weighted by atomic mass is 16.5. The van der Waals surface area contributed by atoms with Gasteiger partial charge in [-0.25, -0.2) is 0 Å². The number of carbonyl (C=O) groups excluding carboxylic acids is 3. The molecule has 1 N–H and O–H groups in total. The maximum atomic E-state index is 12.3. The van der Waals surface area contributed by atoms with E-state index in [9.17, 15) is 14.4 Å². The summed E-state index contributed by atoms with van der Waals surface area (Å²) < 4.78 is 5.47. The number of amides is 2. The largest absolute Gasteiger partial charge is 0.482 e. The number of anilines is 1. The molecule has 0 spiro atoms. The van der Waals surface area contributed by atoms with Gasteiger partial charge in [0.15, 0.2) is 12.4 Å². The third-order valence-electron chi connectivity index (χ3n) is 5.51. The Bertz CT molecular complexity index is 746. The summed E-state index contributed by atoms with van der Waals surface area (Å²) in [5, 5.41) is 3.05. The molecule has 0 aromatic heterocycles. The van der Waals surface area contributed by atoms with Crippen molar-refractivity contribution in [1.29, 1.82) is 0 Å². The molecule has 1 unspecified atom stereocenters. The van der Waals surface area contributed by atoms with Crippen LogP contribution >= 0.6 is 0 Å². The number of Topliss-reactive ketones (excluding diaryl/α,β-unsaturated/α-hetero) is 1. The molecule has 30 heavy (non-hydrogen) atoms. The van der Waals surface area contributed by atoms with Gasteiger partial charge in [-0.1, -0.05) is 13.8 Å². The van der Waals surface area contributed by atoms with Gasteiger partial charge in [-0.2, -0.15) is 0 Å². The molecule has 1 aliphatic heterocycles. The molecule has 2 amide bonds. The lowest BCUT2D eigenvalue weighted by Gasteiger charge is -2.29. The molecule has 1 heterocycles. The van der Waals surface area contributed by atoms with Gasteiger partial charge in [-0.05, 0) is 70.9 Å². The number of hydrogen-bond acceptors (Lipinski definition) is 5. The van der Waals surface area contributed by atoms with Crippen molar-refractivity contribution in [2.75, 3.05) is 37.7 Å². The fourth-order valence-corrected chi connectivity index (χ4v) is 3.64. The number of hydrogen-bond donors (Lipinski definition) is 1. The SMILES string of the molecule is CCN(CC)CCCC(C)NC(=O)CCCN1C(=O)COc2ccc(C(C)=O)cc21. The summed E-state index contributed by atoms with van der Waals surface area (Å²) >= 11 is 0. The van der Waals surface area contributed by atoms with E-state index in [0.717, 1.165) is 32.5 Å². The molecule has 7 heteroatoms. The van der Waals surface area contributed by atoms with Crippen LogP contribution < -0.4 is 15.0 Å². The summed E-state index contributed by atoms with van der Waals surface area (Å²) in [4.78, 5) is 40.3. The van der Waals surface area contributed by atoms with Crippen LogP contribution in [0.5, 0.6) is 5.75 Å². The Morgan fingerprint density at radius 2 is 1.97 bits per heavy atom. The third-order valence-corrected chi connectivity index (χ3v) is 5.51. The highest BCUT2D eigenvalue weighted by Gasteiger charge is 2.26. The number of nitrogens with one attached hydrogen (secondary N) is 1. The van der Waals surface area contributed by atoms with Crippen LogP contribution in [0.15, 0.2) is 18.2 Å². The second kappa shape index (κ2) is 11.7. The van der Waals surface area contributed by atoms with E-state index in [4.69, 9.17) is 4.74 Å². The van der Waals surface area contributed by atoms with Gasteiger partial charge < -0.3 is 19.9 Å². The Labute approximate surface area is 179 Å². The van der Waals surface area contributed by atoms with Crippen molar-refractivity contribution in [3.63, 3.8) is 0 Å². The Hall–Kier alpha value is -2.41. The summed E-state index contributed by atoms with van der Waals surface area (Å²) in [6, 6.07) is 5.24. The van der Waals surface area contributed by atoms with Crippen LogP contribution in [0.2, 0.25) is 0 Å². The number of benzene rings is 1. The molecule has 0 fully saturated rings. The van der Waals surface area contributed by atoms with Crippen LogP contribution in [-0.2, 0) is 9.59 Å². The van der Waals surface area contributed by atoms with E-state index in [2.05, 4.69) is 24.1 Å². The zero-order chi connectivity index (χ0) is 22.1. The molecule has 0 bridgehead atoms.